The molecule has 1 aromatic rings. The zero-order valence-corrected chi connectivity index (χ0v) is 6.29. The Bertz CT molecular complexity index is 220. The quantitative estimate of drug-likeness (QED) is 0.520. The fourth-order valence-electron chi connectivity index (χ4n) is 0.740. The Morgan fingerprint density at radius 1 is 1.30 bits per heavy atom. The van der Waals surface area contributed by atoms with Gasteiger partial charge in [0.1, 0.15) is 0 Å². The molecular weight excluding hydrogens is 148 g/mol. The minimum absolute atomic E-state index is 0.260. The summed E-state index contributed by atoms with van der Waals surface area (Å²) in [5, 5.41) is 0. The summed E-state index contributed by atoms with van der Waals surface area (Å²) in [7, 11) is 0. The van der Waals surface area contributed by atoms with Gasteiger partial charge < -0.3 is 0 Å². The molecule has 3 heteroatoms. The van der Waals surface area contributed by atoms with Crippen LogP contribution in [0.3, 0.4) is 0 Å². The van der Waals surface area contributed by atoms with Crippen LogP contribution in [0.15, 0.2) is 30.3 Å². The molecule has 1 rings (SSSR count). The Morgan fingerprint density at radius 2 is 1.90 bits per heavy atom. The lowest BCUT2D eigenvalue weighted by Crippen LogP contribution is -1.90. The Hall–Kier alpha value is -0.670. The van der Waals surface area contributed by atoms with Crippen LogP contribution in [0.1, 0.15) is 5.56 Å². The SMILES string of the molecule is O=[SH+](O)Cc1ccccc1. The molecular formula is C7H9O2S+. The molecule has 1 atom stereocenters. The first-order valence-corrected chi connectivity index (χ1v) is 4.36. The number of hydrogen-bond acceptors (Lipinski definition) is 1. The maximum absolute atomic E-state index is 10.3. The minimum Gasteiger partial charge on any atom is -0.189 e. The summed E-state index contributed by atoms with van der Waals surface area (Å²) < 4.78 is 18.8. The van der Waals surface area contributed by atoms with Crippen molar-refractivity contribution in [2.45, 2.75) is 5.75 Å². The summed E-state index contributed by atoms with van der Waals surface area (Å²) in [5.41, 5.74) is 0.908. The lowest BCUT2D eigenvalue weighted by atomic mass is 10.2. The van der Waals surface area contributed by atoms with Crippen molar-refractivity contribution >= 4 is 11.1 Å². The Balaban J connectivity index is 2.67. The van der Waals surface area contributed by atoms with Crippen molar-refractivity contribution in [2.24, 2.45) is 0 Å². The Morgan fingerprint density at radius 3 is 2.40 bits per heavy atom. The van der Waals surface area contributed by atoms with Crippen molar-refractivity contribution in [3.8, 4) is 0 Å². The number of thiol groups is 1. The predicted octanol–water partition coefficient (Wildman–Crippen LogP) is 1.36. The monoisotopic (exact) mass is 157 g/mol. The molecule has 0 fully saturated rings. The Labute approximate surface area is 62.2 Å². The van der Waals surface area contributed by atoms with E-state index in [4.69, 9.17) is 4.55 Å². The van der Waals surface area contributed by atoms with Gasteiger partial charge in [-0.1, -0.05) is 34.5 Å². The third kappa shape index (κ3) is 2.29. The van der Waals surface area contributed by atoms with Crippen molar-refractivity contribution in [3.63, 3.8) is 0 Å². The van der Waals surface area contributed by atoms with Crippen LogP contribution in [0.4, 0.5) is 0 Å². The second-order valence-electron chi connectivity index (χ2n) is 2.00. The molecule has 1 aromatic carbocycles. The lowest BCUT2D eigenvalue weighted by Gasteiger charge is -1.89. The first kappa shape index (κ1) is 7.44. The Kier molecular flexibility index (Phi) is 2.59. The van der Waals surface area contributed by atoms with Gasteiger partial charge in [0.05, 0.1) is 0 Å². The van der Waals surface area contributed by atoms with Gasteiger partial charge in [-0.25, -0.2) is 0 Å². The molecule has 1 unspecified atom stereocenters. The topological polar surface area (TPSA) is 37.3 Å². The van der Waals surface area contributed by atoms with Crippen molar-refractivity contribution in [1.82, 2.24) is 0 Å². The van der Waals surface area contributed by atoms with Crippen LogP contribution in [0.5, 0.6) is 0 Å². The van der Waals surface area contributed by atoms with Crippen LogP contribution in [-0.4, -0.2) is 4.55 Å². The second kappa shape index (κ2) is 3.49. The summed E-state index contributed by atoms with van der Waals surface area (Å²) in [5.74, 6) is 0.260. The third-order valence-corrected chi connectivity index (χ3v) is 1.80. The van der Waals surface area contributed by atoms with Gasteiger partial charge in [-0.15, -0.1) is 0 Å². The van der Waals surface area contributed by atoms with E-state index in [1.54, 1.807) is 0 Å². The molecule has 0 aliphatic carbocycles. The fourth-order valence-corrected chi connectivity index (χ4v) is 1.26. The normalized spacial score (nSPS) is 12.9. The number of benzene rings is 1. The highest BCUT2D eigenvalue weighted by molar-refractivity contribution is 7.78. The van der Waals surface area contributed by atoms with Crippen LogP contribution in [-0.2, 0) is 21.0 Å². The molecule has 2 nitrogen and oxygen atoms in total. The molecule has 0 amide bonds. The zero-order valence-electron chi connectivity index (χ0n) is 5.40. The smallest absolute Gasteiger partial charge is 0.189 e. The first-order chi connectivity index (χ1) is 4.79. The molecule has 0 saturated carbocycles. The van der Waals surface area contributed by atoms with E-state index in [0.717, 1.165) is 5.56 Å². The molecule has 0 heterocycles. The first-order valence-electron chi connectivity index (χ1n) is 2.96. The van der Waals surface area contributed by atoms with E-state index < -0.39 is 11.1 Å². The summed E-state index contributed by atoms with van der Waals surface area (Å²) in [6.45, 7) is 0. The maximum atomic E-state index is 10.3. The van der Waals surface area contributed by atoms with Crippen molar-refractivity contribution < 1.29 is 8.76 Å². The fraction of sp³-hybridized carbons (Fsp3) is 0.143. The maximum Gasteiger partial charge on any atom is 0.206 e. The second-order valence-corrected chi connectivity index (χ2v) is 3.02. The molecule has 54 valence electrons. The van der Waals surface area contributed by atoms with Gasteiger partial charge >= 0.3 is 0 Å². The number of hydrogen-bond donors (Lipinski definition) is 1. The van der Waals surface area contributed by atoms with Gasteiger partial charge in [-0.2, -0.15) is 4.55 Å². The van der Waals surface area contributed by atoms with Gasteiger partial charge in [0, 0.05) is 5.56 Å². The molecule has 0 spiro atoms. The van der Waals surface area contributed by atoms with Gasteiger partial charge in [-0.3, -0.25) is 0 Å². The largest absolute Gasteiger partial charge is 0.206 e. The van der Waals surface area contributed by atoms with Crippen LogP contribution in [0.2, 0.25) is 0 Å². The zero-order chi connectivity index (χ0) is 7.40. The lowest BCUT2D eigenvalue weighted by molar-refractivity contribution is 0.518. The van der Waals surface area contributed by atoms with Gasteiger partial charge in [-0.05, 0) is 0 Å². The number of rotatable bonds is 2. The summed E-state index contributed by atoms with van der Waals surface area (Å²) >= 11 is -2.03. The van der Waals surface area contributed by atoms with Crippen molar-refractivity contribution in [1.29, 1.82) is 0 Å². The van der Waals surface area contributed by atoms with Crippen molar-refractivity contribution in [3.05, 3.63) is 35.9 Å². The van der Waals surface area contributed by atoms with E-state index in [2.05, 4.69) is 0 Å². The highest BCUT2D eigenvalue weighted by Gasteiger charge is 1.99. The van der Waals surface area contributed by atoms with E-state index >= 15 is 0 Å². The van der Waals surface area contributed by atoms with E-state index in [1.807, 2.05) is 30.3 Å². The van der Waals surface area contributed by atoms with E-state index in [9.17, 15) is 4.21 Å². The van der Waals surface area contributed by atoms with E-state index in [-0.39, 0.29) is 5.75 Å². The van der Waals surface area contributed by atoms with Crippen LogP contribution >= 0.6 is 0 Å². The molecule has 0 saturated heterocycles. The highest BCUT2D eigenvalue weighted by atomic mass is 32.2. The molecule has 10 heavy (non-hydrogen) atoms. The van der Waals surface area contributed by atoms with E-state index in [1.165, 1.54) is 0 Å². The van der Waals surface area contributed by atoms with Gasteiger partial charge in [0.15, 0.2) is 5.75 Å². The average molecular weight is 157 g/mol. The van der Waals surface area contributed by atoms with Crippen LogP contribution in [0.25, 0.3) is 0 Å². The standard InChI is InChI=1S/C7H8O2S/c8-10(9)6-7-4-2-1-3-5-7/h1-5H,6H2,(H,8,9)/p+1. The van der Waals surface area contributed by atoms with Crippen LogP contribution < -0.4 is 0 Å². The molecule has 0 bridgehead atoms. The molecule has 1 N–H and O–H groups in total. The molecule has 0 aliphatic rings. The molecule has 0 aliphatic heterocycles. The van der Waals surface area contributed by atoms with Gasteiger partial charge in [0.2, 0.25) is 11.1 Å². The highest BCUT2D eigenvalue weighted by Crippen LogP contribution is 2.00. The average Bonchev–Trinajstić information content (AvgIpc) is 1.88. The van der Waals surface area contributed by atoms with Gasteiger partial charge in [0.25, 0.3) is 0 Å². The van der Waals surface area contributed by atoms with Crippen LogP contribution in [0, 0.1) is 0 Å². The van der Waals surface area contributed by atoms with E-state index in [0.29, 0.717) is 0 Å². The predicted molar refractivity (Wildman–Crippen MR) is 42.2 cm³/mol. The minimum atomic E-state index is -2.03. The summed E-state index contributed by atoms with van der Waals surface area (Å²) in [4.78, 5) is 0. The summed E-state index contributed by atoms with van der Waals surface area (Å²) in [6, 6.07) is 9.27. The van der Waals surface area contributed by atoms with Crippen molar-refractivity contribution in [2.75, 3.05) is 0 Å². The molecule has 0 aromatic heterocycles. The third-order valence-electron chi connectivity index (χ3n) is 1.16. The summed E-state index contributed by atoms with van der Waals surface area (Å²) in [6.07, 6.45) is 0. The molecule has 0 radical (unpaired) electrons.